The fourth-order valence-corrected chi connectivity index (χ4v) is 3.36. The van der Waals surface area contributed by atoms with Gasteiger partial charge in [-0.25, -0.2) is 9.97 Å². The van der Waals surface area contributed by atoms with Crippen molar-refractivity contribution in [3.63, 3.8) is 0 Å². The van der Waals surface area contributed by atoms with E-state index in [4.69, 9.17) is 0 Å². The molecule has 2 aromatic rings. The molecule has 0 aromatic carbocycles. The van der Waals surface area contributed by atoms with Gasteiger partial charge < -0.3 is 15.4 Å². The van der Waals surface area contributed by atoms with Crippen molar-refractivity contribution < 1.29 is 9.90 Å². The van der Waals surface area contributed by atoms with Crippen LogP contribution in [0.2, 0.25) is 0 Å². The molecule has 0 atom stereocenters. The molecule has 2 aliphatic carbocycles. The zero-order valence-corrected chi connectivity index (χ0v) is 13.5. The second-order valence-electron chi connectivity index (χ2n) is 7.42. The van der Waals surface area contributed by atoms with Gasteiger partial charge in [-0.2, -0.15) is 0 Å². The van der Waals surface area contributed by atoms with Crippen molar-refractivity contribution in [2.75, 3.05) is 0 Å². The molecule has 4 rings (SSSR count). The van der Waals surface area contributed by atoms with Crippen LogP contribution in [0.3, 0.4) is 0 Å². The first-order chi connectivity index (χ1) is 10.9. The first-order valence-electron chi connectivity index (χ1n) is 8.29. The summed E-state index contributed by atoms with van der Waals surface area (Å²) in [5.41, 5.74) is 1.23. The summed E-state index contributed by atoms with van der Waals surface area (Å²) in [6, 6.07) is 0. The third-order valence-corrected chi connectivity index (χ3v) is 5.37. The quantitative estimate of drug-likeness (QED) is 0.807. The summed E-state index contributed by atoms with van der Waals surface area (Å²) in [6.07, 6.45) is 8.36. The first kappa shape index (κ1) is 14.6. The minimum absolute atomic E-state index is 0.194. The van der Waals surface area contributed by atoms with Gasteiger partial charge in [-0.05, 0) is 46.0 Å². The number of carbonyl (C=O) groups excluding carboxylic acids is 1. The number of nitrogens with zero attached hydrogens (tertiary/aromatic N) is 2. The smallest absolute Gasteiger partial charge is 0.255 e. The van der Waals surface area contributed by atoms with E-state index >= 15 is 0 Å². The van der Waals surface area contributed by atoms with E-state index in [2.05, 4.69) is 20.3 Å². The predicted octanol–water partition coefficient (Wildman–Crippen LogP) is 2.26. The van der Waals surface area contributed by atoms with E-state index in [0.717, 1.165) is 37.8 Å². The zero-order chi connectivity index (χ0) is 16.2. The van der Waals surface area contributed by atoms with E-state index in [9.17, 15) is 9.90 Å². The Bertz CT molecular complexity index is 766. The molecule has 0 spiro atoms. The van der Waals surface area contributed by atoms with Gasteiger partial charge in [-0.15, -0.1) is 0 Å². The second kappa shape index (κ2) is 4.77. The van der Waals surface area contributed by atoms with E-state index in [1.807, 2.05) is 0 Å². The molecule has 23 heavy (non-hydrogen) atoms. The normalized spacial score (nSPS) is 20.3. The summed E-state index contributed by atoms with van der Waals surface area (Å²) in [5.74, 6) is 0.299. The number of rotatable bonds is 4. The molecule has 2 aliphatic rings. The summed E-state index contributed by atoms with van der Waals surface area (Å²) in [7, 11) is 0. The third kappa shape index (κ3) is 2.32. The van der Waals surface area contributed by atoms with Crippen LogP contribution in [-0.4, -0.2) is 37.1 Å². The molecule has 6 heteroatoms. The Morgan fingerprint density at radius 2 is 2.17 bits per heavy atom. The molecular formula is C17H22N4O2. The topological polar surface area (TPSA) is 90.9 Å². The molecule has 122 valence electrons. The summed E-state index contributed by atoms with van der Waals surface area (Å²) in [5, 5.41) is 13.5. The van der Waals surface area contributed by atoms with Gasteiger partial charge in [0.05, 0.1) is 28.6 Å². The van der Waals surface area contributed by atoms with Crippen LogP contribution in [0.25, 0.3) is 11.2 Å². The minimum atomic E-state index is -0.947. The van der Waals surface area contributed by atoms with Gasteiger partial charge >= 0.3 is 0 Å². The Morgan fingerprint density at radius 1 is 1.43 bits per heavy atom. The maximum absolute atomic E-state index is 12.8. The Hall–Kier alpha value is -1.95. The standard InChI is InChI=1S/C17H22N4O2/c1-16(2,23)17(6-3-7-17)21-15(22)11-8-18-14-13(11)20-12(9-19-14)10-4-5-10/h8-10,23H,3-7H2,1-2H3,(H,18,19)(H,21,22). The Morgan fingerprint density at radius 3 is 2.74 bits per heavy atom. The number of carbonyl (C=O) groups is 1. The number of H-pyrrole nitrogens is 1. The van der Waals surface area contributed by atoms with Crippen LogP contribution in [-0.2, 0) is 0 Å². The highest BCUT2D eigenvalue weighted by Gasteiger charge is 2.49. The number of nitrogens with one attached hydrogen (secondary N) is 2. The van der Waals surface area contributed by atoms with Crippen molar-refractivity contribution in [1.82, 2.24) is 20.3 Å². The third-order valence-electron chi connectivity index (χ3n) is 5.37. The Kier molecular flexibility index (Phi) is 3.04. The molecule has 2 aromatic heterocycles. The minimum Gasteiger partial charge on any atom is -0.388 e. The van der Waals surface area contributed by atoms with E-state index in [-0.39, 0.29) is 5.91 Å². The molecule has 0 radical (unpaired) electrons. The highest BCUT2D eigenvalue weighted by atomic mass is 16.3. The predicted molar refractivity (Wildman–Crippen MR) is 86.2 cm³/mol. The molecular weight excluding hydrogens is 292 g/mol. The lowest BCUT2D eigenvalue weighted by atomic mass is 9.66. The number of aromatic nitrogens is 3. The number of amides is 1. The second-order valence-corrected chi connectivity index (χ2v) is 7.42. The number of hydrogen-bond donors (Lipinski definition) is 3. The van der Waals surface area contributed by atoms with Crippen LogP contribution in [0, 0.1) is 0 Å². The van der Waals surface area contributed by atoms with E-state index in [0.29, 0.717) is 22.6 Å². The molecule has 3 N–H and O–H groups in total. The van der Waals surface area contributed by atoms with Gasteiger partial charge in [-0.3, -0.25) is 4.79 Å². The van der Waals surface area contributed by atoms with Crippen molar-refractivity contribution in [2.45, 2.75) is 63.0 Å². The zero-order valence-electron chi connectivity index (χ0n) is 13.5. The summed E-state index contributed by atoms with van der Waals surface area (Å²) < 4.78 is 0. The average Bonchev–Trinajstić information content (AvgIpc) is 3.20. The Labute approximate surface area is 134 Å². The van der Waals surface area contributed by atoms with E-state index in [1.54, 1.807) is 26.2 Å². The molecule has 2 fully saturated rings. The van der Waals surface area contributed by atoms with Crippen LogP contribution in [0.5, 0.6) is 0 Å². The molecule has 0 saturated heterocycles. The lowest BCUT2D eigenvalue weighted by molar-refractivity contribution is -0.0581. The maximum atomic E-state index is 12.8. The van der Waals surface area contributed by atoms with Crippen LogP contribution in [0.4, 0.5) is 0 Å². The van der Waals surface area contributed by atoms with E-state index < -0.39 is 11.1 Å². The van der Waals surface area contributed by atoms with Gasteiger partial charge in [0.15, 0.2) is 5.65 Å². The van der Waals surface area contributed by atoms with E-state index in [1.165, 1.54) is 0 Å². The van der Waals surface area contributed by atoms with Crippen molar-refractivity contribution in [2.24, 2.45) is 0 Å². The summed E-state index contributed by atoms with van der Waals surface area (Å²) in [4.78, 5) is 24.8. The number of hydrogen-bond acceptors (Lipinski definition) is 4. The van der Waals surface area contributed by atoms with Gasteiger partial charge in [-0.1, -0.05) is 0 Å². The van der Waals surface area contributed by atoms with Crippen LogP contribution in [0.15, 0.2) is 12.4 Å². The molecule has 0 bridgehead atoms. The molecule has 2 saturated carbocycles. The average molecular weight is 314 g/mol. The number of aromatic amines is 1. The largest absolute Gasteiger partial charge is 0.388 e. The lowest BCUT2D eigenvalue weighted by Crippen LogP contribution is -2.65. The lowest BCUT2D eigenvalue weighted by Gasteiger charge is -2.50. The molecule has 1 amide bonds. The maximum Gasteiger partial charge on any atom is 0.255 e. The molecule has 0 aliphatic heterocycles. The highest BCUT2D eigenvalue weighted by Crippen LogP contribution is 2.41. The van der Waals surface area contributed by atoms with Crippen LogP contribution in [0.1, 0.15) is 67.9 Å². The van der Waals surface area contributed by atoms with Crippen molar-refractivity contribution in [3.05, 3.63) is 23.7 Å². The molecule has 2 heterocycles. The fourth-order valence-electron chi connectivity index (χ4n) is 3.36. The highest BCUT2D eigenvalue weighted by molar-refractivity contribution is 6.04. The fraction of sp³-hybridized carbons (Fsp3) is 0.588. The SMILES string of the molecule is CC(C)(O)C1(NC(=O)c2c[nH]c3ncc(C4CC4)nc23)CCC1. The number of aliphatic hydroxyl groups is 1. The monoisotopic (exact) mass is 314 g/mol. The van der Waals surface area contributed by atoms with Gasteiger partial charge in [0.1, 0.15) is 5.52 Å². The Balaban J connectivity index is 1.65. The number of fused-ring (bicyclic) bond motifs is 1. The first-order valence-corrected chi connectivity index (χ1v) is 8.29. The van der Waals surface area contributed by atoms with Gasteiger partial charge in [0.25, 0.3) is 5.91 Å². The molecule has 0 unspecified atom stereocenters. The van der Waals surface area contributed by atoms with Crippen molar-refractivity contribution in [3.8, 4) is 0 Å². The summed E-state index contributed by atoms with van der Waals surface area (Å²) >= 11 is 0. The van der Waals surface area contributed by atoms with Crippen molar-refractivity contribution in [1.29, 1.82) is 0 Å². The van der Waals surface area contributed by atoms with Crippen LogP contribution >= 0.6 is 0 Å². The van der Waals surface area contributed by atoms with Crippen LogP contribution < -0.4 is 5.32 Å². The summed E-state index contributed by atoms with van der Waals surface area (Å²) in [6.45, 7) is 3.51. The molecule has 6 nitrogen and oxygen atoms in total. The van der Waals surface area contributed by atoms with Gasteiger partial charge in [0, 0.05) is 12.1 Å². The van der Waals surface area contributed by atoms with Crippen molar-refractivity contribution >= 4 is 17.1 Å². The van der Waals surface area contributed by atoms with Gasteiger partial charge in [0.2, 0.25) is 0 Å².